The summed E-state index contributed by atoms with van der Waals surface area (Å²) in [6.45, 7) is 2.73. The summed E-state index contributed by atoms with van der Waals surface area (Å²) in [5.74, 6) is 1.72. The predicted octanol–water partition coefficient (Wildman–Crippen LogP) is 4.14. The molecule has 2 aromatic carbocycles. The van der Waals surface area contributed by atoms with Crippen LogP contribution in [0.5, 0.6) is 17.2 Å². The van der Waals surface area contributed by atoms with Gasteiger partial charge in [-0.05, 0) is 48.9 Å². The van der Waals surface area contributed by atoms with Gasteiger partial charge in [0.1, 0.15) is 5.75 Å². The number of rotatable bonds is 8. The van der Waals surface area contributed by atoms with E-state index in [2.05, 4.69) is 12.2 Å². The quantitative estimate of drug-likeness (QED) is 0.740. The van der Waals surface area contributed by atoms with Crippen LogP contribution in [0.3, 0.4) is 0 Å². The van der Waals surface area contributed by atoms with Gasteiger partial charge in [-0.1, -0.05) is 13.3 Å². The minimum atomic E-state index is -0.210. The fourth-order valence-electron chi connectivity index (χ4n) is 2.13. The van der Waals surface area contributed by atoms with Crippen LogP contribution in [0.25, 0.3) is 0 Å². The molecule has 0 bridgehead atoms. The summed E-state index contributed by atoms with van der Waals surface area (Å²) in [6.07, 6.45) is 2.04. The molecule has 0 aliphatic heterocycles. The number of ether oxygens (including phenoxy) is 3. The number of carbonyl (C=O) groups is 1. The average Bonchev–Trinajstić information content (AvgIpc) is 2.62. The number of nitrogens with one attached hydrogen (secondary N) is 1. The first-order valence-corrected chi connectivity index (χ1v) is 7.94. The van der Waals surface area contributed by atoms with Gasteiger partial charge < -0.3 is 19.5 Å². The Hall–Kier alpha value is -2.69. The molecule has 1 amide bonds. The zero-order chi connectivity index (χ0) is 17.4. The molecule has 5 heteroatoms. The van der Waals surface area contributed by atoms with Crippen LogP contribution in [-0.2, 0) is 0 Å². The normalized spacial score (nSPS) is 10.1. The predicted molar refractivity (Wildman–Crippen MR) is 94.3 cm³/mol. The van der Waals surface area contributed by atoms with Crippen LogP contribution in [0.1, 0.15) is 30.1 Å². The Bertz CT molecular complexity index is 668. The van der Waals surface area contributed by atoms with Crippen molar-refractivity contribution in [1.82, 2.24) is 0 Å². The van der Waals surface area contributed by atoms with Crippen molar-refractivity contribution in [3.8, 4) is 17.2 Å². The smallest absolute Gasteiger partial charge is 0.255 e. The number of benzene rings is 2. The molecule has 0 radical (unpaired) electrons. The van der Waals surface area contributed by atoms with E-state index in [-0.39, 0.29) is 5.91 Å². The third-order valence-electron chi connectivity index (χ3n) is 3.53. The van der Waals surface area contributed by atoms with Gasteiger partial charge in [0.2, 0.25) is 0 Å². The number of methoxy groups -OCH3 is 2. The maximum atomic E-state index is 12.4. The largest absolute Gasteiger partial charge is 0.497 e. The highest BCUT2D eigenvalue weighted by Crippen LogP contribution is 2.28. The number of anilines is 1. The first-order valence-electron chi connectivity index (χ1n) is 7.94. The highest BCUT2D eigenvalue weighted by atomic mass is 16.5. The Morgan fingerprint density at radius 3 is 2.38 bits per heavy atom. The Morgan fingerprint density at radius 2 is 1.75 bits per heavy atom. The molecule has 2 rings (SSSR count). The molecule has 0 fully saturated rings. The number of amides is 1. The van der Waals surface area contributed by atoms with Crippen molar-refractivity contribution >= 4 is 11.6 Å². The van der Waals surface area contributed by atoms with Gasteiger partial charge in [0, 0.05) is 11.3 Å². The van der Waals surface area contributed by atoms with Gasteiger partial charge in [-0.25, -0.2) is 0 Å². The molecule has 128 valence electrons. The fourth-order valence-corrected chi connectivity index (χ4v) is 2.13. The van der Waals surface area contributed by atoms with Crippen LogP contribution in [0, 0.1) is 0 Å². The van der Waals surface area contributed by atoms with Crippen LogP contribution in [-0.4, -0.2) is 26.7 Å². The second-order valence-corrected chi connectivity index (χ2v) is 5.25. The minimum Gasteiger partial charge on any atom is -0.497 e. The zero-order valence-electron chi connectivity index (χ0n) is 14.3. The molecule has 24 heavy (non-hydrogen) atoms. The first-order chi connectivity index (χ1) is 11.7. The topological polar surface area (TPSA) is 56.8 Å². The molecule has 0 saturated heterocycles. The van der Waals surface area contributed by atoms with E-state index in [9.17, 15) is 4.79 Å². The molecule has 2 aromatic rings. The standard InChI is InChI=1S/C19H23NO4/c1-4-5-12-24-17-11-6-14(13-18(17)23-3)19(21)20-15-7-9-16(22-2)10-8-15/h6-11,13H,4-5,12H2,1-3H3,(H,20,21). The van der Waals surface area contributed by atoms with E-state index in [0.717, 1.165) is 18.6 Å². The van der Waals surface area contributed by atoms with Crippen molar-refractivity contribution in [3.63, 3.8) is 0 Å². The summed E-state index contributed by atoms with van der Waals surface area (Å²) in [5.41, 5.74) is 1.20. The Morgan fingerprint density at radius 1 is 1.00 bits per heavy atom. The Balaban J connectivity index is 2.08. The van der Waals surface area contributed by atoms with E-state index in [4.69, 9.17) is 14.2 Å². The van der Waals surface area contributed by atoms with Gasteiger partial charge in [-0.2, -0.15) is 0 Å². The summed E-state index contributed by atoms with van der Waals surface area (Å²) < 4.78 is 16.1. The summed E-state index contributed by atoms with van der Waals surface area (Å²) in [7, 11) is 3.16. The lowest BCUT2D eigenvalue weighted by Crippen LogP contribution is -2.12. The lowest BCUT2D eigenvalue weighted by atomic mass is 10.1. The molecule has 0 saturated carbocycles. The second-order valence-electron chi connectivity index (χ2n) is 5.25. The van der Waals surface area contributed by atoms with E-state index < -0.39 is 0 Å². The van der Waals surface area contributed by atoms with Gasteiger partial charge in [-0.15, -0.1) is 0 Å². The molecule has 0 heterocycles. The van der Waals surface area contributed by atoms with Gasteiger partial charge in [0.25, 0.3) is 5.91 Å². The molecule has 0 aliphatic carbocycles. The van der Waals surface area contributed by atoms with Gasteiger partial charge in [0.15, 0.2) is 11.5 Å². The molecule has 5 nitrogen and oxygen atoms in total. The molecule has 0 atom stereocenters. The lowest BCUT2D eigenvalue weighted by Gasteiger charge is -2.12. The maximum Gasteiger partial charge on any atom is 0.255 e. The maximum absolute atomic E-state index is 12.4. The van der Waals surface area contributed by atoms with Crippen molar-refractivity contribution in [2.75, 3.05) is 26.1 Å². The number of carbonyl (C=O) groups excluding carboxylic acids is 1. The third-order valence-corrected chi connectivity index (χ3v) is 3.53. The third kappa shape index (κ3) is 4.65. The summed E-state index contributed by atoms with van der Waals surface area (Å²) in [5, 5.41) is 2.84. The van der Waals surface area contributed by atoms with Crippen LogP contribution < -0.4 is 19.5 Å². The molecule has 0 aliphatic rings. The van der Waals surface area contributed by atoms with Crippen molar-refractivity contribution in [2.45, 2.75) is 19.8 Å². The van der Waals surface area contributed by atoms with Crippen LogP contribution in [0.15, 0.2) is 42.5 Å². The van der Waals surface area contributed by atoms with E-state index in [1.54, 1.807) is 56.7 Å². The summed E-state index contributed by atoms with van der Waals surface area (Å²) in [6, 6.07) is 12.3. The summed E-state index contributed by atoms with van der Waals surface area (Å²) in [4.78, 5) is 12.4. The van der Waals surface area contributed by atoms with Crippen molar-refractivity contribution in [2.24, 2.45) is 0 Å². The zero-order valence-corrected chi connectivity index (χ0v) is 14.3. The van der Waals surface area contributed by atoms with E-state index in [0.29, 0.717) is 29.4 Å². The molecule has 0 unspecified atom stereocenters. The second kappa shape index (κ2) is 8.82. The van der Waals surface area contributed by atoms with Crippen LogP contribution in [0.4, 0.5) is 5.69 Å². The average molecular weight is 329 g/mol. The van der Waals surface area contributed by atoms with Crippen molar-refractivity contribution in [1.29, 1.82) is 0 Å². The SMILES string of the molecule is CCCCOc1ccc(C(=O)Nc2ccc(OC)cc2)cc1OC. The van der Waals surface area contributed by atoms with Crippen LogP contribution in [0.2, 0.25) is 0 Å². The number of hydrogen-bond acceptors (Lipinski definition) is 4. The summed E-state index contributed by atoms with van der Waals surface area (Å²) >= 11 is 0. The fraction of sp³-hybridized carbons (Fsp3) is 0.316. The number of hydrogen-bond donors (Lipinski definition) is 1. The van der Waals surface area contributed by atoms with Gasteiger partial charge in [0.05, 0.1) is 20.8 Å². The van der Waals surface area contributed by atoms with Gasteiger partial charge >= 0.3 is 0 Å². The highest BCUT2D eigenvalue weighted by Gasteiger charge is 2.11. The van der Waals surface area contributed by atoms with E-state index in [1.807, 2.05) is 0 Å². The molecule has 0 spiro atoms. The number of unbranched alkanes of at least 4 members (excludes halogenated alkanes) is 1. The van der Waals surface area contributed by atoms with Crippen LogP contribution >= 0.6 is 0 Å². The van der Waals surface area contributed by atoms with E-state index in [1.165, 1.54) is 0 Å². The Labute approximate surface area is 142 Å². The monoisotopic (exact) mass is 329 g/mol. The highest BCUT2D eigenvalue weighted by molar-refractivity contribution is 6.04. The first kappa shape index (κ1) is 17.7. The van der Waals surface area contributed by atoms with E-state index >= 15 is 0 Å². The molecule has 1 N–H and O–H groups in total. The molecule has 0 aromatic heterocycles. The van der Waals surface area contributed by atoms with Crippen molar-refractivity contribution in [3.05, 3.63) is 48.0 Å². The molecular formula is C19H23NO4. The Kier molecular flexibility index (Phi) is 6.49. The lowest BCUT2D eigenvalue weighted by molar-refractivity contribution is 0.102. The molecular weight excluding hydrogens is 306 g/mol. The van der Waals surface area contributed by atoms with Crippen molar-refractivity contribution < 1.29 is 19.0 Å². The van der Waals surface area contributed by atoms with Gasteiger partial charge in [-0.3, -0.25) is 4.79 Å². The minimum absolute atomic E-state index is 0.210.